The highest BCUT2D eigenvalue weighted by atomic mass is 19.1. The van der Waals surface area contributed by atoms with E-state index in [0.29, 0.717) is 43.9 Å². The first-order chi connectivity index (χ1) is 13.7. The molecular formula is C22H29FN4O2. The fourth-order valence-corrected chi connectivity index (χ4v) is 3.25. The first-order valence-corrected chi connectivity index (χ1v) is 9.87. The van der Waals surface area contributed by atoms with Gasteiger partial charge in [-0.05, 0) is 24.6 Å². The Morgan fingerprint density at radius 1 is 1.14 bits per heavy atom. The van der Waals surface area contributed by atoms with Crippen molar-refractivity contribution in [2.75, 3.05) is 38.2 Å². The van der Waals surface area contributed by atoms with Gasteiger partial charge in [-0.25, -0.2) is 14.4 Å². The Bertz CT molecular complexity index is 887. The molecule has 0 saturated carbocycles. The Balaban J connectivity index is 1.74. The van der Waals surface area contributed by atoms with Crippen LogP contribution in [0, 0.1) is 12.7 Å². The number of halogens is 1. The maximum Gasteiger partial charge on any atom is 0.254 e. The van der Waals surface area contributed by atoms with Crippen LogP contribution in [0.3, 0.4) is 0 Å². The molecule has 6 nitrogen and oxygen atoms in total. The molecule has 3 rings (SSSR count). The highest BCUT2D eigenvalue weighted by Gasteiger charge is 2.25. The van der Waals surface area contributed by atoms with Crippen LogP contribution in [0.1, 0.15) is 48.2 Å². The van der Waals surface area contributed by atoms with E-state index in [1.165, 1.54) is 6.07 Å². The maximum atomic E-state index is 13.8. The Hall–Kier alpha value is -2.54. The molecule has 0 spiro atoms. The van der Waals surface area contributed by atoms with Gasteiger partial charge in [0.1, 0.15) is 17.5 Å². The average Bonchev–Trinajstić information content (AvgIpc) is 2.69. The summed E-state index contributed by atoms with van der Waals surface area (Å²) in [4.78, 5) is 26.0. The molecule has 2 aromatic rings. The number of methoxy groups -OCH3 is 1. The van der Waals surface area contributed by atoms with Gasteiger partial charge in [-0.2, -0.15) is 0 Å². The van der Waals surface area contributed by atoms with E-state index in [4.69, 9.17) is 9.72 Å². The van der Waals surface area contributed by atoms with Crippen LogP contribution >= 0.6 is 0 Å². The van der Waals surface area contributed by atoms with Crippen LogP contribution in [-0.2, 0) is 16.8 Å². The van der Waals surface area contributed by atoms with Crippen LogP contribution in [0.25, 0.3) is 0 Å². The summed E-state index contributed by atoms with van der Waals surface area (Å²) in [5.74, 6) is 1.14. The number of nitrogens with zero attached hydrogens (tertiary/aromatic N) is 4. The molecule has 1 aromatic heterocycles. The monoisotopic (exact) mass is 400 g/mol. The van der Waals surface area contributed by atoms with E-state index in [1.807, 2.05) is 6.07 Å². The molecule has 1 aromatic carbocycles. The van der Waals surface area contributed by atoms with Gasteiger partial charge in [-0.15, -0.1) is 0 Å². The number of piperazine rings is 1. The molecule has 1 saturated heterocycles. The van der Waals surface area contributed by atoms with E-state index in [2.05, 4.69) is 30.7 Å². The number of amides is 1. The normalized spacial score (nSPS) is 15.0. The van der Waals surface area contributed by atoms with E-state index in [9.17, 15) is 9.18 Å². The van der Waals surface area contributed by atoms with Crippen LogP contribution < -0.4 is 4.90 Å². The summed E-state index contributed by atoms with van der Waals surface area (Å²) in [6, 6.07) is 6.60. The third kappa shape index (κ3) is 4.90. The van der Waals surface area contributed by atoms with E-state index in [0.717, 1.165) is 17.3 Å². The van der Waals surface area contributed by atoms with Gasteiger partial charge in [0.15, 0.2) is 0 Å². The number of anilines is 1. The lowest BCUT2D eigenvalue weighted by Crippen LogP contribution is -2.49. The molecule has 0 atom stereocenters. The molecule has 0 bridgehead atoms. The third-order valence-corrected chi connectivity index (χ3v) is 5.04. The highest BCUT2D eigenvalue weighted by Crippen LogP contribution is 2.24. The van der Waals surface area contributed by atoms with Gasteiger partial charge in [0.05, 0.1) is 12.3 Å². The summed E-state index contributed by atoms with van der Waals surface area (Å²) in [6.07, 6.45) is 0. The minimum absolute atomic E-state index is 0.137. The zero-order valence-electron chi connectivity index (χ0n) is 17.8. The molecule has 0 radical (unpaired) electrons. The number of ether oxygens (including phenoxy) is 1. The molecule has 7 heteroatoms. The average molecular weight is 400 g/mol. The van der Waals surface area contributed by atoms with Crippen LogP contribution in [0.15, 0.2) is 24.3 Å². The first-order valence-electron chi connectivity index (χ1n) is 9.87. The maximum absolute atomic E-state index is 13.8. The number of hydrogen-bond acceptors (Lipinski definition) is 5. The van der Waals surface area contributed by atoms with Crippen LogP contribution in [0.5, 0.6) is 0 Å². The summed E-state index contributed by atoms with van der Waals surface area (Å²) in [5.41, 5.74) is 1.60. The lowest BCUT2D eigenvalue weighted by atomic mass is 9.95. The number of aromatic nitrogens is 2. The molecule has 1 fully saturated rings. The Morgan fingerprint density at radius 2 is 1.83 bits per heavy atom. The number of benzene rings is 1. The second kappa shape index (κ2) is 8.45. The van der Waals surface area contributed by atoms with Crippen molar-refractivity contribution in [3.8, 4) is 0 Å². The summed E-state index contributed by atoms with van der Waals surface area (Å²) < 4.78 is 19.1. The second-order valence-corrected chi connectivity index (χ2v) is 8.47. The highest BCUT2D eigenvalue weighted by molar-refractivity contribution is 5.94. The van der Waals surface area contributed by atoms with Crippen molar-refractivity contribution >= 4 is 11.7 Å². The molecule has 156 valence electrons. The molecule has 0 aliphatic carbocycles. The number of carbonyl (C=O) groups is 1. The zero-order chi connectivity index (χ0) is 21.2. The third-order valence-electron chi connectivity index (χ3n) is 5.04. The topological polar surface area (TPSA) is 58.6 Å². The lowest BCUT2D eigenvalue weighted by molar-refractivity contribution is 0.0746. The predicted octanol–water partition coefficient (Wildman–Crippen LogP) is 3.33. The largest absolute Gasteiger partial charge is 0.378 e. The van der Waals surface area contributed by atoms with Crippen molar-refractivity contribution in [2.24, 2.45) is 0 Å². The van der Waals surface area contributed by atoms with E-state index >= 15 is 0 Å². The Morgan fingerprint density at radius 3 is 2.41 bits per heavy atom. The Kier molecular flexibility index (Phi) is 6.17. The molecule has 0 unspecified atom stereocenters. The zero-order valence-corrected chi connectivity index (χ0v) is 17.8. The van der Waals surface area contributed by atoms with Gasteiger partial charge in [0.25, 0.3) is 5.91 Å². The molecule has 1 aliphatic rings. The molecule has 1 amide bonds. The van der Waals surface area contributed by atoms with Crippen molar-refractivity contribution in [1.82, 2.24) is 14.9 Å². The summed E-state index contributed by atoms with van der Waals surface area (Å²) in [6.45, 7) is 10.8. The van der Waals surface area contributed by atoms with E-state index in [-0.39, 0.29) is 17.1 Å². The summed E-state index contributed by atoms with van der Waals surface area (Å²) >= 11 is 0. The van der Waals surface area contributed by atoms with Gasteiger partial charge in [-0.1, -0.05) is 26.8 Å². The molecule has 29 heavy (non-hydrogen) atoms. The first kappa shape index (κ1) is 21.2. The van der Waals surface area contributed by atoms with Crippen LogP contribution in [0.2, 0.25) is 0 Å². The number of hydrogen-bond donors (Lipinski definition) is 0. The van der Waals surface area contributed by atoms with Crippen molar-refractivity contribution in [3.05, 3.63) is 52.7 Å². The lowest BCUT2D eigenvalue weighted by Gasteiger charge is -2.36. The van der Waals surface area contributed by atoms with Crippen LogP contribution in [-0.4, -0.2) is 54.1 Å². The number of aryl methyl sites for hydroxylation is 1. The minimum Gasteiger partial charge on any atom is -0.378 e. The van der Waals surface area contributed by atoms with E-state index < -0.39 is 0 Å². The van der Waals surface area contributed by atoms with Gasteiger partial charge in [0.2, 0.25) is 0 Å². The predicted molar refractivity (Wildman–Crippen MR) is 111 cm³/mol. The fourth-order valence-electron chi connectivity index (χ4n) is 3.25. The van der Waals surface area contributed by atoms with Crippen molar-refractivity contribution in [1.29, 1.82) is 0 Å². The molecule has 0 N–H and O–H groups in total. The van der Waals surface area contributed by atoms with Gasteiger partial charge >= 0.3 is 0 Å². The SMILES string of the molecule is COCc1cc(N2CCN(C(=O)c3ccc(C)c(F)c3)CC2)nc(C(C)(C)C)n1. The molecule has 1 aliphatic heterocycles. The van der Waals surface area contributed by atoms with E-state index in [1.54, 1.807) is 31.1 Å². The smallest absolute Gasteiger partial charge is 0.254 e. The van der Waals surface area contributed by atoms with Crippen LogP contribution in [0.4, 0.5) is 10.2 Å². The van der Waals surface area contributed by atoms with Crippen molar-refractivity contribution in [2.45, 2.75) is 39.7 Å². The minimum atomic E-state index is -0.351. The summed E-state index contributed by atoms with van der Waals surface area (Å²) in [5, 5.41) is 0. The van der Waals surface area contributed by atoms with Gasteiger partial charge in [0, 0.05) is 50.3 Å². The summed E-state index contributed by atoms with van der Waals surface area (Å²) in [7, 11) is 1.65. The number of rotatable bonds is 4. The van der Waals surface area contributed by atoms with Gasteiger partial charge in [-0.3, -0.25) is 4.79 Å². The second-order valence-electron chi connectivity index (χ2n) is 8.47. The molecule has 2 heterocycles. The molecular weight excluding hydrogens is 371 g/mol. The van der Waals surface area contributed by atoms with Gasteiger partial charge < -0.3 is 14.5 Å². The standard InChI is InChI=1S/C22H29FN4O2/c1-15-6-7-16(12-18(15)23)20(28)27-10-8-26(9-11-27)19-13-17(14-29-5)24-21(25-19)22(2,3)4/h6-7,12-13H,8-11,14H2,1-5H3. The fraction of sp³-hybridized carbons (Fsp3) is 0.500. The number of carbonyl (C=O) groups excluding carboxylic acids is 1. The quantitative estimate of drug-likeness (QED) is 0.788. The van der Waals surface area contributed by atoms with Crippen molar-refractivity contribution < 1.29 is 13.9 Å². The Labute approximate surface area is 171 Å². The van der Waals surface area contributed by atoms with Crippen molar-refractivity contribution in [3.63, 3.8) is 0 Å².